The van der Waals surface area contributed by atoms with Crippen LogP contribution in [0.25, 0.3) is 10.8 Å². The molecule has 0 aliphatic rings. The Morgan fingerprint density at radius 3 is 2.47 bits per heavy atom. The summed E-state index contributed by atoms with van der Waals surface area (Å²) in [7, 11) is 0. The van der Waals surface area contributed by atoms with Gasteiger partial charge in [-0.1, -0.05) is 53.5 Å². The standard InChI is InChI=1S/C14H8Cl2N2O/c15-13-8-12(14(16)18-17-13)19-11-6-5-9-3-1-2-4-10(9)7-11/h1-8H. The molecule has 0 atom stereocenters. The van der Waals surface area contributed by atoms with E-state index in [4.69, 9.17) is 27.9 Å². The van der Waals surface area contributed by atoms with Crippen molar-refractivity contribution in [3.63, 3.8) is 0 Å². The van der Waals surface area contributed by atoms with E-state index in [-0.39, 0.29) is 10.3 Å². The number of hydrogen-bond donors (Lipinski definition) is 0. The predicted octanol–water partition coefficient (Wildman–Crippen LogP) is 4.73. The summed E-state index contributed by atoms with van der Waals surface area (Å²) in [6.07, 6.45) is 0. The van der Waals surface area contributed by atoms with Crippen molar-refractivity contribution in [2.75, 3.05) is 0 Å². The van der Waals surface area contributed by atoms with Crippen LogP contribution in [0.1, 0.15) is 0 Å². The molecule has 1 aromatic heterocycles. The molecule has 0 spiro atoms. The summed E-state index contributed by atoms with van der Waals surface area (Å²) in [5.41, 5.74) is 0. The second-order valence-electron chi connectivity index (χ2n) is 3.93. The molecule has 0 fully saturated rings. The molecular formula is C14H8Cl2N2O. The lowest BCUT2D eigenvalue weighted by Gasteiger charge is -2.07. The average molecular weight is 291 g/mol. The lowest BCUT2D eigenvalue weighted by molar-refractivity contribution is 0.479. The van der Waals surface area contributed by atoms with Gasteiger partial charge in [-0.15, -0.1) is 10.2 Å². The number of hydrogen-bond acceptors (Lipinski definition) is 3. The van der Waals surface area contributed by atoms with Crippen LogP contribution in [0.5, 0.6) is 11.5 Å². The molecule has 94 valence electrons. The Bertz CT molecular complexity index is 746. The van der Waals surface area contributed by atoms with Crippen molar-refractivity contribution in [1.29, 1.82) is 0 Å². The van der Waals surface area contributed by atoms with E-state index in [1.165, 1.54) is 6.07 Å². The van der Waals surface area contributed by atoms with Crippen molar-refractivity contribution in [3.8, 4) is 11.5 Å². The van der Waals surface area contributed by atoms with Gasteiger partial charge in [-0.25, -0.2) is 0 Å². The van der Waals surface area contributed by atoms with Crippen molar-refractivity contribution >= 4 is 34.0 Å². The van der Waals surface area contributed by atoms with Crippen LogP contribution in [0.15, 0.2) is 48.5 Å². The fraction of sp³-hybridized carbons (Fsp3) is 0. The first-order chi connectivity index (χ1) is 9.22. The van der Waals surface area contributed by atoms with Crippen LogP contribution in [0.3, 0.4) is 0 Å². The summed E-state index contributed by atoms with van der Waals surface area (Å²) in [5.74, 6) is 1.06. The van der Waals surface area contributed by atoms with Gasteiger partial charge < -0.3 is 4.74 Å². The quantitative estimate of drug-likeness (QED) is 0.684. The lowest BCUT2D eigenvalue weighted by atomic mass is 10.1. The topological polar surface area (TPSA) is 35.0 Å². The van der Waals surface area contributed by atoms with Gasteiger partial charge in [0, 0.05) is 6.07 Å². The Hall–Kier alpha value is -1.84. The van der Waals surface area contributed by atoms with E-state index in [2.05, 4.69) is 10.2 Å². The lowest BCUT2D eigenvalue weighted by Crippen LogP contribution is -1.90. The van der Waals surface area contributed by atoms with Crippen molar-refractivity contribution in [1.82, 2.24) is 10.2 Å². The summed E-state index contributed by atoms with van der Waals surface area (Å²) in [5, 5.41) is 9.98. The molecule has 0 saturated heterocycles. The SMILES string of the molecule is Clc1cc(Oc2ccc3ccccc3c2)c(Cl)nn1. The fourth-order valence-electron chi connectivity index (χ4n) is 1.77. The summed E-state index contributed by atoms with van der Waals surface area (Å²) >= 11 is 11.7. The molecule has 5 heteroatoms. The van der Waals surface area contributed by atoms with Crippen molar-refractivity contribution in [2.24, 2.45) is 0 Å². The summed E-state index contributed by atoms with van der Waals surface area (Å²) < 4.78 is 5.68. The van der Waals surface area contributed by atoms with Crippen LogP contribution in [0, 0.1) is 0 Å². The van der Waals surface area contributed by atoms with E-state index in [9.17, 15) is 0 Å². The smallest absolute Gasteiger partial charge is 0.194 e. The molecule has 0 N–H and O–H groups in total. The largest absolute Gasteiger partial charge is 0.454 e. The predicted molar refractivity (Wildman–Crippen MR) is 76.1 cm³/mol. The molecule has 3 aromatic rings. The third-order valence-corrected chi connectivity index (χ3v) is 3.08. The van der Waals surface area contributed by atoms with Crippen LogP contribution in [0.2, 0.25) is 10.3 Å². The van der Waals surface area contributed by atoms with Crippen LogP contribution in [-0.2, 0) is 0 Å². The maximum Gasteiger partial charge on any atom is 0.194 e. The highest BCUT2D eigenvalue weighted by Gasteiger charge is 2.07. The van der Waals surface area contributed by atoms with Gasteiger partial charge in [0.05, 0.1) is 0 Å². The Kier molecular flexibility index (Phi) is 3.23. The van der Waals surface area contributed by atoms with Gasteiger partial charge in [0.25, 0.3) is 0 Å². The first-order valence-electron chi connectivity index (χ1n) is 5.58. The Morgan fingerprint density at radius 1 is 0.842 bits per heavy atom. The van der Waals surface area contributed by atoms with Gasteiger partial charge in [-0.05, 0) is 22.9 Å². The van der Waals surface area contributed by atoms with Gasteiger partial charge in [0.15, 0.2) is 16.1 Å². The van der Waals surface area contributed by atoms with E-state index < -0.39 is 0 Å². The van der Waals surface area contributed by atoms with Gasteiger partial charge in [0.1, 0.15) is 5.75 Å². The number of rotatable bonds is 2. The highest BCUT2D eigenvalue weighted by atomic mass is 35.5. The van der Waals surface area contributed by atoms with Gasteiger partial charge in [-0.3, -0.25) is 0 Å². The van der Waals surface area contributed by atoms with E-state index >= 15 is 0 Å². The maximum atomic E-state index is 5.91. The third-order valence-electron chi connectivity index (χ3n) is 2.64. The zero-order chi connectivity index (χ0) is 13.2. The highest BCUT2D eigenvalue weighted by molar-refractivity contribution is 6.32. The minimum atomic E-state index is 0.178. The van der Waals surface area contributed by atoms with E-state index in [1.54, 1.807) is 0 Å². The molecule has 0 aliphatic carbocycles. The van der Waals surface area contributed by atoms with Crippen molar-refractivity contribution < 1.29 is 4.74 Å². The van der Waals surface area contributed by atoms with Crippen molar-refractivity contribution in [2.45, 2.75) is 0 Å². The van der Waals surface area contributed by atoms with E-state index in [0.717, 1.165) is 10.8 Å². The summed E-state index contributed by atoms with van der Waals surface area (Å²) in [4.78, 5) is 0. The molecule has 19 heavy (non-hydrogen) atoms. The van der Waals surface area contributed by atoms with Gasteiger partial charge in [0.2, 0.25) is 0 Å². The zero-order valence-corrected chi connectivity index (χ0v) is 11.2. The highest BCUT2D eigenvalue weighted by Crippen LogP contribution is 2.30. The first-order valence-corrected chi connectivity index (χ1v) is 6.33. The van der Waals surface area contributed by atoms with Crippen LogP contribution >= 0.6 is 23.2 Å². The van der Waals surface area contributed by atoms with Crippen molar-refractivity contribution in [3.05, 3.63) is 58.8 Å². The second-order valence-corrected chi connectivity index (χ2v) is 4.68. The number of aromatic nitrogens is 2. The number of fused-ring (bicyclic) bond motifs is 1. The second kappa shape index (κ2) is 5.03. The average Bonchev–Trinajstić information content (AvgIpc) is 2.43. The summed E-state index contributed by atoms with van der Waals surface area (Å²) in [6, 6.07) is 15.3. The molecule has 2 aromatic carbocycles. The minimum Gasteiger partial charge on any atom is -0.454 e. The van der Waals surface area contributed by atoms with E-state index in [0.29, 0.717) is 11.5 Å². The number of halogens is 2. The van der Waals surface area contributed by atoms with Gasteiger partial charge >= 0.3 is 0 Å². The molecule has 0 bridgehead atoms. The maximum absolute atomic E-state index is 5.91. The summed E-state index contributed by atoms with van der Waals surface area (Å²) in [6.45, 7) is 0. The zero-order valence-electron chi connectivity index (χ0n) is 9.68. The molecular weight excluding hydrogens is 283 g/mol. The molecule has 0 unspecified atom stereocenters. The third kappa shape index (κ3) is 2.62. The normalized spacial score (nSPS) is 10.6. The number of benzene rings is 2. The molecule has 0 amide bonds. The minimum absolute atomic E-state index is 0.178. The van der Waals surface area contributed by atoms with Crippen LogP contribution in [0.4, 0.5) is 0 Å². The van der Waals surface area contributed by atoms with E-state index in [1.807, 2.05) is 42.5 Å². The molecule has 0 saturated carbocycles. The molecule has 0 radical (unpaired) electrons. The number of nitrogens with zero attached hydrogens (tertiary/aromatic N) is 2. The molecule has 3 nitrogen and oxygen atoms in total. The molecule has 3 rings (SSSR count). The first kappa shape index (κ1) is 12.2. The Labute approximate surface area is 119 Å². The van der Waals surface area contributed by atoms with Crippen LogP contribution in [-0.4, -0.2) is 10.2 Å². The molecule has 0 aliphatic heterocycles. The number of ether oxygens (including phenoxy) is 1. The fourth-order valence-corrected chi connectivity index (χ4v) is 2.03. The van der Waals surface area contributed by atoms with Gasteiger partial charge in [-0.2, -0.15) is 0 Å². The Balaban J connectivity index is 1.98. The van der Waals surface area contributed by atoms with Crippen LogP contribution < -0.4 is 4.74 Å². The monoisotopic (exact) mass is 290 g/mol. The molecule has 1 heterocycles. The Morgan fingerprint density at radius 2 is 1.63 bits per heavy atom.